The zero-order chi connectivity index (χ0) is 13.2. The van der Waals surface area contributed by atoms with E-state index in [1.807, 2.05) is 4.57 Å². The minimum atomic E-state index is -0.245. The third kappa shape index (κ3) is 2.59. The standard InChI is InChI=1S/C13H15FN4S/c14-10-3-5-11(6-4-10)18-12(15-16-13(18)19)9-17-7-1-2-8-17/h3-6H,1-2,7-9H2,(H,16,19)/p+1. The molecule has 1 aliphatic heterocycles. The van der Waals surface area contributed by atoms with Gasteiger partial charge in [0.2, 0.25) is 0 Å². The molecule has 0 bridgehead atoms. The summed E-state index contributed by atoms with van der Waals surface area (Å²) < 4.78 is 15.4. The van der Waals surface area contributed by atoms with Gasteiger partial charge in [-0.05, 0) is 36.5 Å². The van der Waals surface area contributed by atoms with Crippen LogP contribution in [0.4, 0.5) is 4.39 Å². The molecule has 4 nitrogen and oxygen atoms in total. The highest BCUT2D eigenvalue weighted by Gasteiger charge is 2.19. The van der Waals surface area contributed by atoms with Gasteiger partial charge in [0.15, 0.2) is 10.6 Å². The highest BCUT2D eigenvalue weighted by Crippen LogP contribution is 2.11. The van der Waals surface area contributed by atoms with Gasteiger partial charge in [-0.1, -0.05) is 0 Å². The van der Waals surface area contributed by atoms with Gasteiger partial charge < -0.3 is 4.90 Å². The first-order chi connectivity index (χ1) is 9.24. The Hall–Kier alpha value is -1.53. The van der Waals surface area contributed by atoms with E-state index >= 15 is 0 Å². The van der Waals surface area contributed by atoms with Crippen LogP contribution in [0.15, 0.2) is 24.3 Å². The molecule has 0 atom stereocenters. The van der Waals surface area contributed by atoms with E-state index in [0.29, 0.717) is 4.77 Å². The first-order valence-electron chi connectivity index (χ1n) is 6.50. The van der Waals surface area contributed by atoms with Crippen molar-refractivity contribution in [3.63, 3.8) is 0 Å². The lowest BCUT2D eigenvalue weighted by atomic mass is 10.3. The number of H-pyrrole nitrogens is 1. The predicted octanol–water partition coefficient (Wildman–Crippen LogP) is 1.25. The monoisotopic (exact) mass is 279 g/mol. The van der Waals surface area contributed by atoms with E-state index in [9.17, 15) is 4.39 Å². The van der Waals surface area contributed by atoms with Crippen LogP contribution in [0.1, 0.15) is 18.7 Å². The second-order valence-corrected chi connectivity index (χ2v) is 5.28. The molecule has 0 radical (unpaired) electrons. The lowest BCUT2D eigenvalue weighted by Crippen LogP contribution is -3.08. The number of hydrogen-bond donors (Lipinski definition) is 2. The van der Waals surface area contributed by atoms with E-state index in [4.69, 9.17) is 12.2 Å². The molecule has 0 amide bonds. The molecular formula is C13H16FN4S+. The van der Waals surface area contributed by atoms with Crippen molar-refractivity contribution in [3.8, 4) is 5.69 Å². The molecule has 3 rings (SSSR count). The number of halogens is 1. The number of rotatable bonds is 3. The van der Waals surface area contributed by atoms with Crippen LogP contribution in [0.5, 0.6) is 0 Å². The maximum absolute atomic E-state index is 13.0. The molecule has 0 aliphatic carbocycles. The molecule has 2 heterocycles. The average Bonchev–Trinajstić information content (AvgIpc) is 3.02. The summed E-state index contributed by atoms with van der Waals surface area (Å²) in [5, 5.41) is 7.14. The molecular weight excluding hydrogens is 263 g/mol. The normalized spacial score (nSPS) is 16.1. The molecule has 0 spiro atoms. The van der Waals surface area contributed by atoms with Gasteiger partial charge in [0.1, 0.15) is 12.4 Å². The molecule has 1 fully saturated rings. The summed E-state index contributed by atoms with van der Waals surface area (Å²) in [7, 11) is 0. The Morgan fingerprint density at radius 2 is 1.95 bits per heavy atom. The highest BCUT2D eigenvalue weighted by molar-refractivity contribution is 7.71. The van der Waals surface area contributed by atoms with Crippen LogP contribution in [0.2, 0.25) is 0 Å². The van der Waals surface area contributed by atoms with Crippen LogP contribution in [-0.2, 0) is 6.54 Å². The molecule has 100 valence electrons. The summed E-state index contributed by atoms with van der Waals surface area (Å²) in [6.07, 6.45) is 2.55. The first kappa shape index (κ1) is 12.5. The van der Waals surface area contributed by atoms with Crippen molar-refractivity contribution < 1.29 is 9.29 Å². The van der Waals surface area contributed by atoms with Crippen molar-refractivity contribution in [2.24, 2.45) is 0 Å². The zero-order valence-electron chi connectivity index (χ0n) is 10.5. The fraction of sp³-hybridized carbons (Fsp3) is 0.385. The average molecular weight is 279 g/mol. The number of aromatic amines is 1. The molecule has 1 aromatic carbocycles. The number of nitrogens with zero attached hydrogens (tertiary/aromatic N) is 2. The van der Waals surface area contributed by atoms with Crippen molar-refractivity contribution in [2.45, 2.75) is 19.4 Å². The van der Waals surface area contributed by atoms with E-state index in [1.54, 1.807) is 12.1 Å². The summed E-state index contributed by atoms with van der Waals surface area (Å²) in [6.45, 7) is 3.22. The number of benzene rings is 1. The molecule has 1 saturated heterocycles. The van der Waals surface area contributed by atoms with Gasteiger partial charge in [0.25, 0.3) is 0 Å². The summed E-state index contributed by atoms with van der Waals surface area (Å²) >= 11 is 5.27. The van der Waals surface area contributed by atoms with E-state index in [-0.39, 0.29) is 5.82 Å². The molecule has 1 aromatic heterocycles. The second kappa shape index (κ2) is 5.22. The van der Waals surface area contributed by atoms with Crippen LogP contribution >= 0.6 is 12.2 Å². The summed E-state index contributed by atoms with van der Waals surface area (Å²) in [5.41, 5.74) is 0.855. The van der Waals surface area contributed by atoms with Gasteiger partial charge in [0, 0.05) is 12.8 Å². The SMILES string of the molecule is Fc1ccc(-n2c(C[NH+]3CCCC3)n[nH]c2=S)cc1. The van der Waals surface area contributed by atoms with Gasteiger partial charge >= 0.3 is 0 Å². The van der Waals surface area contributed by atoms with E-state index in [0.717, 1.165) is 18.1 Å². The summed E-state index contributed by atoms with van der Waals surface area (Å²) in [4.78, 5) is 1.53. The number of aromatic nitrogens is 3. The van der Waals surface area contributed by atoms with Crippen LogP contribution in [0.3, 0.4) is 0 Å². The molecule has 19 heavy (non-hydrogen) atoms. The van der Waals surface area contributed by atoms with Crippen molar-refractivity contribution in [1.82, 2.24) is 14.8 Å². The lowest BCUT2D eigenvalue weighted by molar-refractivity contribution is -0.902. The van der Waals surface area contributed by atoms with E-state index in [1.165, 1.54) is 43.0 Å². The van der Waals surface area contributed by atoms with Crippen molar-refractivity contribution >= 4 is 12.2 Å². The van der Waals surface area contributed by atoms with Gasteiger partial charge in [-0.15, -0.1) is 0 Å². The maximum atomic E-state index is 13.0. The van der Waals surface area contributed by atoms with Gasteiger partial charge in [-0.25, -0.2) is 4.39 Å². The van der Waals surface area contributed by atoms with E-state index in [2.05, 4.69) is 10.2 Å². The van der Waals surface area contributed by atoms with Crippen LogP contribution < -0.4 is 4.90 Å². The minimum absolute atomic E-state index is 0.245. The Balaban J connectivity index is 1.93. The highest BCUT2D eigenvalue weighted by atomic mass is 32.1. The lowest BCUT2D eigenvalue weighted by Gasteiger charge is -2.12. The molecule has 0 unspecified atom stereocenters. The van der Waals surface area contributed by atoms with E-state index < -0.39 is 0 Å². The Morgan fingerprint density at radius 1 is 1.26 bits per heavy atom. The number of nitrogens with one attached hydrogen (secondary N) is 2. The van der Waals surface area contributed by atoms with Gasteiger partial charge in [0.05, 0.1) is 18.8 Å². The molecule has 1 aliphatic rings. The Labute approximate surface area is 115 Å². The van der Waals surface area contributed by atoms with Gasteiger partial charge in [-0.2, -0.15) is 5.10 Å². The summed E-state index contributed by atoms with van der Waals surface area (Å²) in [5.74, 6) is 0.666. The van der Waals surface area contributed by atoms with Gasteiger partial charge in [-0.3, -0.25) is 9.67 Å². The molecule has 6 heteroatoms. The fourth-order valence-electron chi connectivity index (χ4n) is 2.58. The van der Waals surface area contributed by atoms with Crippen LogP contribution in [0.25, 0.3) is 5.69 Å². The first-order valence-corrected chi connectivity index (χ1v) is 6.90. The smallest absolute Gasteiger partial charge is 0.200 e. The number of quaternary nitrogens is 1. The summed E-state index contributed by atoms with van der Waals surface area (Å²) in [6, 6.07) is 6.33. The zero-order valence-corrected chi connectivity index (χ0v) is 11.3. The quantitative estimate of drug-likeness (QED) is 0.830. The fourth-order valence-corrected chi connectivity index (χ4v) is 2.84. The predicted molar refractivity (Wildman–Crippen MR) is 72.3 cm³/mol. The number of hydrogen-bond acceptors (Lipinski definition) is 2. The van der Waals surface area contributed by atoms with Crippen LogP contribution in [0, 0.1) is 10.6 Å². The largest absolute Gasteiger partial charge is 0.329 e. The third-order valence-corrected chi connectivity index (χ3v) is 3.82. The topological polar surface area (TPSA) is 38.0 Å². The molecule has 2 N–H and O–H groups in total. The maximum Gasteiger partial charge on any atom is 0.200 e. The van der Waals surface area contributed by atoms with Crippen LogP contribution in [-0.4, -0.2) is 27.9 Å². The van der Waals surface area contributed by atoms with Crippen molar-refractivity contribution in [3.05, 3.63) is 40.7 Å². The second-order valence-electron chi connectivity index (χ2n) is 4.89. The van der Waals surface area contributed by atoms with Crippen molar-refractivity contribution in [2.75, 3.05) is 13.1 Å². The molecule has 0 saturated carbocycles. The third-order valence-electron chi connectivity index (χ3n) is 3.55. The Morgan fingerprint density at radius 3 is 2.63 bits per heavy atom. The minimum Gasteiger partial charge on any atom is -0.329 e. The van der Waals surface area contributed by atoms with Crippen molar-refractivity contribution in [1.29, 1.82) is 0 Å². The Bertz CT molecular complexity index is 610. The Kier molecular flexibility index (Phi) is 3.44. The number of likely N-dealkylation sites (tertiary alicyclic amines) is 1. The molecule has 2 aromatic rings.